The third-order valence-electron chi connectivity index (χ3n) is 11.8. The predicted molar refractivity (Wildman–Crippen MR) is 249 cm³/mol. The summed E-state index contributed by atoms with van der Waals surface area (Å²) in [7, 11) is 0. The van der Waals surface area contributed by atoms with E-state index in [-0.39, 0.29) is 0 Å². The minimum absolute atomic E-state index is 0.708. The van der Waals surface area contributed by atoms with Gasteiger partial charge in [0.1, 0.15) is 0 Å². The molecule has 2 unspecified atom stereocenters. The van der Waals surface area contributed by atoms with Crippen LogP contribution in [0.2, 0.25) is 0 Å². The molecule has 1 aliphatic carbocycles. The Morgan fingerprint density at radius 2 is 0.944 bits per heavy atom. The number of hydrogen-bond donors (Lipinski definition) is 2. The van der Waals surface area contributed by atoms with Crippen molar-refractivity contribution in [3.05, 3.63) is 29.8 Å². The van der Waals surface area contributed by atoms with Gasteiger partial charge in [0, 0.05) is 36.6 Å². The van der Waals surface area contributed by atoms with Gasteiger partial charge in [-0.15, -0.1) is 0 Å². The SMILES string of the molecule is C1CC1.CCCCCCCCCCCCC(CCCCCCCCCC)CN(SC(CCCCC)CCCCC)C(C)C1CNC1.Cc1ccc(N)cc1. The van der Waals surface area contributed by atoms with Crippen LogP contribution in [0.15, 0.2) is 24.3 Å². The van der Waals surface area contributed by atoms with E-state index in [9.17, 15) is 0 Å². The highest BCUT2D eigenvalue weighted by Crippen LogP contribution is 2.34. The molecule has 2 fully saturated rings. The number of rotatable bonds is 34. The van der Waals surface area contributed by atoms with Crippen LogP contribution < -0.4 is 11.1 Å². The van der Waals surface area contributed by atoms with Gasteiger partial charge in [0.05, 0.1) is 0 Å². The Bertz CT molecular complexity index is 851. The van der Waals surface area contributed by atoms with Crippen LogP contribution in [0.1, 0.15) is 239 Å². The first-order chi connectivity index (χ1) is 26.4. The van der Waals surface area contributed by atoms with E-state index in [4.69, 9.17) is 5.73 Å². The summed E-state index contributed by atoms with van der Waals surface area (Å²) in [5, 5.41) is 4.42. The van der Waals surface area contributed by atoms with Gasteiger partial charge in [-0.1, -0.05) is 231 Å². The van der Waals surface area contributed by atoms with Gasteiger partial charge in [-0.25, -0.2) is 4.31 Å². The number of benzene rings is 1. The van der Waals surface area contributed by atoms with E-state index in [1.165, 1.54) is 224 Å². The summed E-state index contributed by atoms with van der Waals surface area (Å²) in [6.45, 7) is 17.8. The number of aryl methyl sites for hydroxylation is 1. The van der Waals surface area contributed by atoms with Crippen LogP contribution in [0.25, 0.3) is 0 Å². The molecule has 1 saturated carbocycles. The zero-order chi connectivity index (χ0) is 39.3. The smallest absolute Gasteiger partial charge is 0.0314 e. The molecule has 0 amide bonds. The molecule has 3 N–H and O–H groups in total. The molecule has 0 radical (unpaired) electrons. The number of nitrogens with one attached hydrogen (secondary N) is 1. The summed E-state index contributed by atoms with van der Waals surface area (Å²) in [4.78, 5) is 0. The third-order valence-corrected chi connectivity index (χ3v) is 13.3. The van der Waals surface area contributed by atoms with Gasteiger partial charge in [-0.2, -0.15) is 0 Å². The second kappa shape index (κ2) is 37.8. The second-order valence-corrected chi connectivity index (χ2v) is 18.9. The average molecular weight is 772 g/mol. The Balaban J connectivity index is 0.00000112. The predicted octanol–water partition coefficient (Wildman–Crippen LogP) is 16.3. The number of nitrogens with zero attached hydrogens (tertiary/aromatic N) is 1. The Hall–Kier alpha value is -0.710. The number of hydrogen-bond acceptors (Lipinski definition) is 4. The van der Waals surface area contributed by atoms with Gasteiger partial charge >= 0.3 is 0 Å². The highest BCUT2D eigenvalue weighted by atomic mass is 32.2. The molecule has 3 rings (SSSR count). The van der Waals surface area contributed by atoms with Gasteiger partial charge in [0.2, 0.25) is 0 Å². The van der Waals surface area contributed by atoms with Gasteiger partial charge in [-0.3, -0.25) is 0 Å². The molecule has 0 aromatic heterocycles. The summed E-state index contributed by atoms with van der Waals surface area (Å²) in [5.41, 5.74) is 7.51. The normalized spacial score (nSPS) is 15.0. The number of anilines is 1. The minimum atomic E-state index is 0.708. The van der Waals surface area contributed by atoms with Crippen LogP contribution in [0, 0.1) is 18.8 Å². The molecule has 1 saturated heterocycles. The second-order valence-electron chi connectivity index (χ2n) is 17.5. The Morgan fingerprint density at radius 1 is 0.574 bits per heavy atom. The monoisotopic (exact) mass is 772 g/mol. The Kier molecular flexibility index (Phi) is 36.0. The Labute approximate surface area is 344 Å². The van der Waals surface area contributed by atoms with Crippen molar-refractivity contribution < 1.29 is 0 Å². The number of nitrogens with two attached hydrogens (primary N) is 1. The summed E-state index contributed by atoms with van der Waals surface area (Å²) < 4.78 is 2.96. The fourth-order valence-electron chi connectivity index (χ4n) is 7.51. The lowest BCUT2D eigenvalue weighted by atomic mass is 9.91. The van der Waals surface area contributed by atoms with Crippen molar-refractivity contribution in [2.45, 2.75) is 252 Å². The lowest BCUT2D eigenvalue weighted by Gasteiger charge is -2.42. The standard InChI is InChI=1S/C40H82N2S.C7H9N.C3H6/c1-6-10-14-16-18-20-21-23-25-29-31-38(30-28-24-22-19-17-15-11-7-2)36-42(37(5)39-34-41-35-39)43-40(32-26-12-8-3)33-27-13-9-4;1-6-2-4-7(8)5-3-6;1-2-3-1/h37-41H,6-36H2,1-5H3;2-5H,8H2,1H3;1-3H2. The van der Waals surface area contributed by atoms with Crippen molar-refractivity contribution in [2.75, 3.05) is 25.4 Å². The highest BCUT2D eigenvalue weighted by Gasteiger charge is 2.31. The molecule has 1 aromatic carbocycles. The maximum absolute atomic E-state index is 5.43. The van der Waals surface area contributed by atoms with Crippen LogP contribution in [-0.2, 0) is 0 Å². The van der Waals surface area contributed by atoms with Crippen LogP contribution in [0.5, 0.6) is 0 Å². The van der Waals surface area contributed by atoms with Crippen LogP contribution in [0.4, 0.5) is 5.69 Å². The fourth-order valence-corrected chi connectivity index (χ4v) is 9.10. The molecular weight excluding hydrogens is 675 g/mol. The molecule has 3 nitrogen and oxygen atoms in total. The van der Waals surface area contributed by atoms with E-state index >= 15 is 0 Å². The summed E-state index contributed by atoms with van der Waals surface area (Å²) in [5.74, 6) is 1.74. The molecule has 4 heteroatoms. The Morgan fingerprint density at radius 3 is 1.30 bits per heavy atom. The molecule has 1 aromatic rings. The van der Waals surface area contributed by atoms with E-state index in [1.807, 2.05) is 31.2 Å². The zero-order valence-electron chi connectivity index (χ0n) is 37.6. The van der Waals surface area contributed by atoms with Crippen molar-refractivity contribution in [1.29, 1.82) is 0 Å². The molecule has 0 bridgehead atoms. The van der Waals surface area contributed by atoms with Crippen molar-refractivity contribution in [1.82, 2.24) is 9.62 Å². The minimum Gasteiger partial charge on any atom is -0.399 e. The van der Waals surface area contributed by atoms with Crippen LogP contribution >= 0.6 is 11.9 Å². The van der Waals surface area contributed by atoms with Gasteiger partial charge in [0.25, 0.3) is 0 Å². The zero-order valence-corrected chi connectivity index (χ0v) is 38.4. The largest absolute Gasteiger partial charge is 0.399 e. The maximum Gasteiger partial charge on any atom is 0.0314 e. The van der Waals surface area contributed by atoms with Crippen molar-refractivity contribution in [3.8, 4) is 0 Å². The number of unbranched alkanes of at least 4 members (excludes halogenated alkanes) is 20. The topological polar surface area (TPSA) is 41.3 Å². The molecule has 2 aliphatic rings. The van der Waals surface area contributed by atoms with E-state index in [0.717, 1.165) is 22.8 Å². The lowest BCUT2D eigenvalue weighted by molar-refractivity contribution is 0.182. The summed E-state index contributed by atoms with van der Waals surface area (Å²) in [6, 6.07) is 8.50. The summed E-state index contributed by atoms with van der Waals surface area (Å²) in [6.07, 6.45) is 44.8. The van der Waals surface area contributed by atoms with E-state index < -0.39 is 0 Å². The first kappa shape index (κ1) is 51.3. The van der Waals surface area contributed by atoms with Crippen molar-refractivity contribution in [3.63, 3.8) is 0 Å². The quantitative estimate of drug-likeness (QED) is 0.0416. The number of nitrogen functional groups attached to an aromatic ring is 1. The van der Waals surface area contributed by atoms with E-state index in [2.05, 4.69) is 56.2 Å². The van der Waals surface area contributed by atoms with Gasteiger partial charge in [0.15, 0.2) is 0 Å². The average Bonchev–Trinajstić information content (AvgIpc) is 4.04. The van der Waals surface area contributed by atoms with Crippen LogP contribution in [-0.4, -0.2) is 35.2 Å². The molecule has 1 aliphatic heterocycles. The van der Waals surface area contributed by atoms with Crippen molar-refractivity contribution in [2.24, 2.45) is 11.8 Å². The molecular formula is C50H97N3S. The van der Waals surface area contributed by atoms with E-state index in [0.29, 0.717) is 6.04 Å². The molecule has 0 spiro atoms. The van der Waals surface area contributed by atoms with Gasteiger partial charge < -0.3 is 11.1 Å². The van der Waals surface area contributed by atoms with E-state index in [1.54, 1.807) is 0 Å². The highest BCUT2D eigenvalue weighted by molar-refractivity contribution is 7.97. The molecule has 318 valence electrons. The summed E-state index contributed by atoms with van der Waals surface area (Å²) >= 11 is 2.32. The maximum atomic E-state index is 5.43. The first-order valence-electron chi connectivity index (χ1n) is 24.4. The third kappa shape index (κ3) is 31.4. The molecule has 2 atom stereocenters. The van der Waals surface area contributed by atoms with Crippen molar-refractivity contribution >= 4 is 17.6 Å². The fraction of sp³-hybridized carbons (Fsp3) is 0.880. The molecule has 1 heterocycles. The lowest BCUT2D eigenvalue weighted by Crippen LogP contribution is -2.52. The first-order valence-corrected chi connectivity index (χ1v) is 25.2. The van der Waals surface area contributed by atoms with Gasteiger partial charge in [-0.05, 0) is 63.5 Å². The molecule has 54 heavy (non-hydrogen) atoms. The van der Waals surface area contributed by atoms with Crippen LogP contribution in [0.3, 0.4) is 0 Å².